The molecule has 0 aliphatic heterocycles. The molecule has 1 heterocycles. The highest BCUT2D eigenvalue weighted by Gasteiger charge is 2.32. The fourth-order valence-corrected chi connectivity index (χ4v) is 1.58. The lowest BCUT2D eigenvalue weighted by Crippen LogP contribution is -2.18. The Morgan fingerprint density at radius 1 is 1.15 bits per heavy atom. The molecule has 2 rings (SSSR count). The van der Waals surface area contributed by atoms with Crippen molar-refractivity contribution >= 4 is 6.29 Å². The fourth-order valence-electron chi connectivity index (χ4n) is 1.58. The van der Waals surface area contributed by atoms with E-state index in [0.717, 1.165) is 6.07 Å². The zero-order valence-electron chi connectivity index (χ0n) is 10.3. The fraction of sp³-hybridized carbons (Fsp3) is 0.154. The topological polar surface area (TPSA) is 52.1 Å². The third-order valence-corrected chi connectivity index (χ3v) is 2.48. The molecule has 20 heavy (non-hydrogen) atoms. The minimum Gasteiger partial charge on any atom is -0.405 e. The number of ether oxygens (including phenoxy) is 1. The molecule has 104 valence electrons. The number of halogens is 3. The summed E-state index contributed by atoms with van der Waals surface area (Å²) in [6, 6.07) is 3.79. The maximum absolute atomic E-state index is 12.2. The lowest BCUT2D eigenvalue weighted by Gasteiger charge is -2.11. The summed E-state index contributed by atoms with van der Waals surface area (Å²) in [6.07, 6.45) is -1.49. The molecule has 0 saturated carbocycles. The molecule has 0 saturated heterocycles. The van der Waals surface area contributed by atoms with Crippen LogP contribution in [0.4, 0.5) is 13.2 Å². The van der Waals surface area contributed by atoms with E-state index in [2.05, 4.69) is 14.7 Å². The first-order valence-electron chi connectivity index (χ1n) is 5.53. The molecule has 0 spiro atoms. The van der Waals surface area contributed by atoms with Gasteiger partial charge in [0.15, 0.2) is 6.29 Å². The van der Waals surface area contributed by atoms with Crippen molar-refractivity contribution in [2.24, 2.45) is 0 Å². The SMILES string of the molecule is Cc1ncc(-c2ccc(OC(F)(F)F)c(C=O)c2)cn1. The van der Waals surface area contributed by atoms with Crippen LogP contribution in [0.25, 0.3) is 11.1 Å². The van der Waals surface area contributed by atoms with Crippen LogP contribution < -0.4 is 4.74 Å². The molecule has 2 aromatic rings. The molecule has 0 unspecified atom stereocenters. The number of hydrogen-bond acceptors (Lipinski definition) is 4. The second kappa shape index (κ2) is 5.28. The average Bonchev–Trinajstić information content (AvgIpc) is 2.38. The van der Waals surface area contributed by atoms with E-state index < -0.39 is 12.1 Å². The normalized spacial score (nSPS) is 11.2. The van der Waals surface area contributed by atoms with Gasteiger partial charge in [0.05, 0.1) is 5.56 Å². The summed E-state index contributed by atoms with van der Waals surface area (Å²) < 4.78 is 40.3. The van der Waals surface area contributed by atoms with Gasteiger partial charge in [0.1, 0.15) is 11.6 Å². The van der Waals surface area contributed by atoms with Crippen molar-refractivity contribution in [3.05, 3.63) is 42.0 Å². The number of carbonyl (C=O) groups is 1. The highest BCUT2D eigenvalue weighted by molar-refractivity contribution is 5.82. The number of aryl methyl sites for hydroxylation is 1. The maximum atomic E-state index is 12.2. The van der Waals surface area contributed by atoms with Crippen LogP contribution in [0.15, 0.2) is 30.6 Å². The smallest absolute Gasteiger partial charge is 0.405 e. The zero-order chi connectivity index (χ0) is 14.8. The van der Waals surface area contributed by atoms with Crippen molar-refractivity contribution in [1.29, 1.82) is 0 Å². The van der Waals surface area contributed by atoms with E-state index in [1.54, 1.807) is 6.92 Å². The summed E-state index contributed by atoms with van der Waals surface area (Å²) >= 11 is 0. The first-order chi connectivity index (χ1) is 9.39. The van der Waals surface area contributed by atoms with Gasteiger partial charge in [0.25, 0.3) is 0 Å². The average molecular weight is 282 g/mol. The number of alkyl halides is 3. The summed E-state index contributed by atoms with van der Waals surface area (Å²) in [6.45, 7) is 1.71. The van der Waals surface area contributed by atoms with Gasteiger partial charge < -0.3 is 4.74 Å². The maximum Gasteiger partial charge on any atom is 0.573 e. The number of carbonyl (C=O) groups excluding carboxylic acids is 1. The van der Waals surface area contributed by atoms with Crippen LogP contribution >= 0.6 is 0 Å². The Morgan fingerprint density at radius 3 is 2.35 bits per heavy atom. The van der Waals surface area contributed by atoms with Gasteiger partial charge in [0, 0.05) is 18.0 Å². The lowest BCUT2D eigenvalue weighted by molar-refractivity contribution is -0.274. The highest BCUT2D eigenvalue weighted by Crippen LogP contribution is 2.29. The molecule has 0 bridgehead atoms. The van der Waals surface area contributed by atoms with E-state index >= 15 is 0 Å². The van der Waals surface area contributed by atoms with Gasteiger partial charge in [-0.25, -0.2) is 9.97 Å². The molecule has 1 aromatic heterocycles. The minimum atomic E-state index is -4.84. The van der Waals surface area contributed by atoms with E-state index in [1.165, 1.54) is 24.5 Å². The molecule has 0 fully saturated rings. The van der Waals surface area contributed by atoms with Crippen molar-refractivity contribution in [2.45, 2.75) is 13.3 Å². The van der Waals surface area contributed by atoms with Crippen LogP contribution in [0.3, 0.4) is 0 Å². The Labute approximate surface area is 112 Å². The lowest BCUT2D eigenvalue weighted by atomic mass is 10.1. The van der Waals surface area contributed by atoms with Crippen molar-refractivity contribution in [2.75, 3.05) is 0 Å². The molecule has 0 radical (unpaired) electrons. The van der Waals surface area contributed by atoms with Crippen LogP contribution in [-0.2, 0) is 0 Å². The van der Waals surface area contributed by atoms with E-state index in [0.29, 0.717) is 23.2 Å². The third-order valence-electron chi connectivity index (χ3n) is 2.48. The number of hydrogen-bond donors (Lipinski definition) is 0. The molecule has 4 nitrogen and oxygen atoms in total. The first-order valence-corrected chi connectivity index (χ1v) is 5.53. The van der Waals surface area contributed by atoms with E-state index in [1.807, 2.05) is 0 Å². The van der Waals surface area contributed by atoms with Gasteiger partial charge >= 0.3 is 6.36 Å². The summed E-state index contributed by atoms with van der Waals surface area (Å²) in [5.41, 5.74) is 0.930. The second-order valence-electron chi connectivity index (χ2n) is 3.94. The van der Waals surface area contributed by atoms with Crippen LogP contribution in [0.5, 0.6) is 5.75 Å². The van der Waals surface area contributed by atoms with Gasteiger partial charge in [-0.15, -0.1) is 13.2 Å². The molecule has 0 aliphatic carbocycles. The van der Waals surface area contributed by atoms with E-state index in [-0.39, 0.29) is 5.56 Å². The van der Waals surface area contributed by atoms with E-state index in [9.17, 15) is 18.0 Å². The van der Waals surface area contributed by atoms with Crippen molar-refractivity contribution in [3.63, 3.8) is 0 Å². The number of nitrogens with zero attached hydrogens (tertiary/aromatic N) is 2. The van der Waals surface area contributed by atoms with E-state index in [4.69, 9.17) is 0 Å². The minimum absolute atomic E-state index is 0.194. The Bertz CT molecular complexity index is 625. The molecule has 7 heteroatoms. The zero-order valence-corrected chi connectivity index (χ0v) is 10.3. The molecular weight excluding hydrogens is 273 g/mol. The van der Waals surface area contributed by atoms with Gasteiger partial charge in [0.2, 0.25) is 0 Å². The summed E-state index contributed by atoms with van der Waals surface area (Å²) in [7, 11) is 0. The Balaban J connectivity index is 2.39. The number of aldehydes is 1. The van der Waals surface area contributed by atoms with Gasteiger partial charge in [-0.2, -0.15) is 0 Å². The summed E-state index contributed by atoms with van der Waals surface area (Å²) in [4.78, 5) is 18.8. The number of aromatic nitrogens is 2. The predicted octanol–water partition coefficient (Wildman–Crippen LogP) is 3.16. The summed E-state index contributed by atoms with van der Waals surface area (Å²) in [5.74, 6) is 0.0330. The molecule has 0 atom stereocenters. The molecule has 0 aliphatic rings. The quantitative estimate of drug-likeness (QED) is 0.811. The predicted molar refractivity (Wildman–Crippen MR) is 64.3 cm³/mol. The first kappa shape index (κ1) is 14.0. The standard InChI is InChI=1S/C13H9F3N2O2/c1-8-17-5-11(6-18-8)9-2-3-12(10(4-9)7-19)20-13(14,15)16/h2-7H,1H3. The van der Waals surface area contributed by atoms with Crippen molar-refractivity contribution in [3.8, 4) is 16.9 Å². The van der Waals surface area contributed by atoms with Crippen LogP contribution in [0, 0.1) is 6.92 Å². The van der Waals surface area contributed by atoms with Gasteiger partial charge in [-0.3, -0.25) is 4.79 Å². The van der Waals surface area contributed by atoms with Crippen molar-refractivity contribution in [1.82, 2.24) is 9.97 Å². The Hall–Kier alpha value is -2.44. The second-order valence-corrected chi connectivity index (χ2v) is 3.94. The molecular formula is C13H9F3N2O2. The third kappa shape index (κ3) is 3.31. The monoisotopic (exact) mass is 282 g/mol. The highest BCUT2D eigenvalue weighted by atomic mass is 19.4. The summed E-state index contributed by atoms with van der Waals surface area (Å²) in [5, 5.41) is 0. The Kier molecular flexibility index (Phi) is 3.69. The van der Waals surface area contributed by atoms with Crippen LogP contribution in [0.1, 0.15) is 16.2 Å². The van der Waals surface area contributed by atoms with Gasteiger partial charge in [-0.1, -0.05) is 6.07 Å². The largest absolute Gasteiger partial charge is 0.573 e. The number of rotatable bonds is 3. The number of benzene rings is 1. The van der Waals surface area contributed by atoms with Gasteiger partial charge in [-0.05, 0) is 24.6 Å². The molecule has 1 aromatic carbocycles. The Morgan fingerprint density at radius 2 is 1.80 bits per heavy atom. The molecule has 0 N–H and O–H groups in total. The molecule has 0 amide bonds. The van der Waals surface area contributed by atoms with Crippen LogP contribution in [-0.4, -0.2) is 22.6 Å². The van der Waals surface area contributed by atoms with Crippen molar-refractivity contribution < 1.29 is 22.7 Å². The van der Waals surface area contributed by atoms with Crippen LogP contribution in [0.2, 0.25) is 0 Å².